The highest BCUT2D eigenvalue weighted by Crippen LogP contribution is 1.99. The van der Waals surface area contributed by atoms with Gasteiger partial charge in [-0.1, -0.05) is 0 Å². The van der Waals surface area contributed by atoms with Crippen molar-refractivity contribution in [1.29, 1.82) is 0 Å². The predicted octanol–water partition coefficient (Wildman–Crippen LogP) is -1.83. The molecule has 0 unspecified atom stereocenters. The van der Waals surface area contributed by atoms with Gasteiger partial charge in [0.1, 0.15) is 6.79 Å². The second kappa shape index (κ2) is 3.72. The van der Waals surface area contributed by atoms with Crippen LogP contribution in [0, 0.1) is 0 Å². The molecule has 0 aromatic heterocycles. The van der Waals surface area contributed by atoms with E-state index in [9.17, 15) is 0 Å². The number of nitrogens with one attached hydrogen (secondary N) is 2. The Bertz CT molecular complexity index is 180. The molecule has 0 spiro atoms. The molecule has 70 valence electrons. The van der Waals surface area contributed by atoms with Crippen molar-refractivity contribution in [2.75, 3.05) is 20.5 Å². The van der Waals surface area contributed by atoms with E-state index in [0.29, 0.717) is 6.61 Å². The van der Waals surface area contributed by atoms with Crippen LogP contribution in [-0.2, 0) is 9.47 Å². The largest absolute Gasteiger partial charge is 0.359 e. The van der Waals surface area contributed by atoms with E-state index in [1.807, 2.05) is 0 Å². The number of rotatable bonds is 4. The molecule has 1 aliphatic heterocycles. The highest BCUT2D eigenvalue weighted by Gasteiger charge is 2.23. The summed E-state index contributed by atoms with van der Waals surface area (Å²) >= 11 is 0. The fourth-order valence-corrected chi connectivity index (χ4v) is 0.857. The molecule has 0 aromatic carbocycles. The first-order chi connectivity index (χ1) is 5.64. The number of hydrogen-bond donors (Lipinski definition) is 4. The van der Waals surface area contributed by atoms with E-state index in [0.717, 1.165) is 5.70 Å². The summed E-state index contributed by atoms with van der Waals surface area (Å²) in [5.74, 6) is -1.05. The van der Waals surface area contributed by atoms with Crippen LogP contribution in [0.4, 0.5) is 0 Å². The molecule has 6 N–H and O–H groups in total. The summed E-state index contributed by atoms with van der Waals surface area (Å²) in [5.41, 5.74) is 11.8. The van der Waals surface area contributed by atoms with E-state index in [1.165, 1.54) is 0 Å². The van der Waals surface area contributed by atoms with Gasteiger partial charge in [-0.3, -0.25) is 11.5 Å². The van der Waals surface area contributed by atoms with Crippen molar-refractivity contribution < 1.29 is 9.47 Å². The third-order valence-corrected chi connectivity index (χ3v) is 1.31. The lowest BCUT2D eigenvalue weighted by Gasteiger charge is -2.20. The van der Waals surface area contributed by atoms with E-state index in [2.05, 4.69) is 10.6 Å². The van der Waals surface area contributed by atoms with Crippen LogP contribution in [0.3, 0.4) is 0 Å². The maximum atomic E-state index is 5.49. The summed E-state index contributed by atoms with van der Waals surface area (Å²) in [7, 11) is 1.56. The van der Waals surface area contributed by atoms with Crippen molar-refractivity contribution in [1.82, 2.24) is 10.6 Å². The van der Waals surface area contributed by atoms with Gasteiger partial charge in [0.25, 0.3) is 0 Å². The number of nitrogens with two attached hydrogens (primary N) is 2. The van der Waals surface area contributed by atoms with Crippen molar-refractivity contribution in [2.45, 2.75) is 5.91 Å². The first-order valence-electron chi connectivity index (χ1n) is 3.53. The van der Waals surface area contributed by atoms with Crippen LogP contribution in [0.1, 0.15) is 0 Å². The average molecular weight is 174 g/mol. The molecule has 6 nitrogen and oxygen atoms in total. The Morgan fingerprint density at radius 1 is 1.58 bits per heavy atom. The Morgan fingerprint density at radius 2 is 2.33 bits per heavy atom. The molecule has 1 rings (SSSR count). The second-order valence-electron chi connectivity index (χ2n) is 2.56. The van der Waals surface area contributed by atoms with Crippen LogP contribution in [-0.4, -0.2) is 26.4 Å². The van der Waals surface area contributed by atoms with Crippen LogP contribution in [0.15, 0.2) is 11.9 Å². The molecule has 0 aromatic rings. The van der Waals surface area contributed by atoms with Crippen LogP contribution in [0.2, 0.25) is 0 Å². The summed E-state index contributed by atoms with van der Waals surface area (Å²) < 4.78 is 9.75. The van der Waals surface area contributed by atoms with Gasteiger partial charge in [-0.15, -0.1) is 0 Å². The molecule has 0 atom stereocenters. The van der Waals surface area contributed by atoms with Gasteiger partial charge in [0.2, 0.25) is 5.91 Å². The Morgan fingerprint density at radius 3 is 2.83 bits per heavy atom. The minimum absolute atomic E-state index is 0.251. The quantitative estimate of drug-likeness (QED) is 0.296. The van der Waals surface area contributed by atoms with Crippen molar-refractivity contribution >= 4 is 0 Å². The van der Waals surface area contributed by atoms with Gasteiger partial charge in [-0.2, -0.15) is 0 Å². The zero-order valence-corrected chi connectivity index (χ0v) is 6.96. The fourth-order valence-electron chi connectivity index (χ4n) is 0.857. The number of hydrogen-bond acceptors (Lipinski definition) is 6. The molecule has 1 heterocycles. The zero-order chi connectivity index (χ0) is 9.03. The lowest BCUT2D eigenvalue weighted by Crippen LogP contribution is -2.65. The fraction of sp³-hybridized carbons (Fsp3) is 0.667. The molecule has 0 fully saturated rings. The average Bonchev–Trinajstić information content (AvgIpc) is 2.31. The van der Waals surface area contributed by atoms with Gasteiger partial charge in [0.05, 0.1) is 12.3 Å². The van der Waals surface area contributed by atoms with Crippen molar-refractivity contribution in [3.63, 3.8) is 0 Å². The van der Waals surface area contributed by atoms with Gasteiger partial charge in [0.15, 0.2) is 0 Å². The second-order valence-corrected chi connectivity index (χ2v) is 2.56. The van der Waals surface area contributed by atoms with Gasteiger partial charge in [-0.05, 0) is 0 Å². The van der Waals surface area contributed by atoms with Crippen LogP contribution < -0.4 is 22.1 Å². The lowest BCUT2D eigenvalue weighted by molar-refractivity contribution is -0.0226. The summed E-state index contributed by atoms with van der Waals surface area (Å²) in [5, 5.41) is 5.55. The topological polar surface area (TPSA) is 94.6 Å². The van der Waals surface area contributed by atoms with Gasteiger partial charge in [-0.25, -0.2) is 0 Å². The monoisotopic (exact) mass is 174 g/mol. The number of methoxy groups -OCH3 is 1. The molecule has 12 heavy (non-hydrogen) atoms. The minimum Gasteiger partial charge on any atom is -0.359 e. The molecule has 0 saturated carbocycles. The zero-order valence-electron chi connectivity index (χ0n) is 6.96. The first kappa shape index (κ1) is 9.27. The van der Waals surface area contributed by atoms with Gasteiger partial charge in [0, 0.05) is 13.3 Å². The summed E-state index contributed by atoms with van der Waals surface area (Å²) in [6.45, 7) is 0.651. The SMILES string of the molecule is COCOCC1=CNC(N)(N)N1. The summed E-state index contributed by atoms with van der Waals surface area (Å²) in [6, 6.07) is 0. The van der Waals surface area contributed by atoms with Crippen molar-refractivity contribution in [3.05, 3.63) is 11.9 Å². The molecule has 0 bridgehead atoms. The lowest BCUT2D eigenvalue weighted by atomic mass is 10.5. The Hall–Kier alpha value is -0.820. The molecular weight excluding hydrogens is 160 g/mol. The first-order valence-corrected chi connectivity index (χ1v) is 3.53. The Kier molecular flexibility index (Phi) is 2.88. The smallest absolute Gasteiger partial charge is 0.218 e. The van der Waals surface area contributed by atoms with E-state index in [-0.39, 0.29) is 6.79 Å². The molecule has 0 radical (unpaired) electrons. The highest BCUT2D eigenvalue weighted by atomic mass is 16.7. The molecule has 0 saturated heterocycles. The Balaban J connectivity index is 2.19. The van der Waals surface area contributed by atoms with Crippen molar-refractivity contribution in [2.24, 2.45) is 11.5 Å². The molecular formula is C6H14N4O2. The predicted molar refractivity (Wildman–Crippen MR) is 43.3 cm³/mol. The normalized spacial score (nSPS) is 19.8. The standard InChI is InChI=1S/C6H14N4O2/c1-11-4-12-3-5-2-9-6(7,8)10-5/h2,9-10H,3-4,7-8H2,1H3. The Labute approximate surface area is 70.9 Å². The molecule has 0 aliphatic carbocycles. The van der Waals surface area contributed by atoms with E-state index < -0.39 is 5.91 Å². The third-order valence-electron chi connectivity index (χ3n) is 1.31. The summed E-state index contributed by atoms with van der Waals surface area (Å²) in [6.07, 6.45) is 1.68. The number of ether oxygens (including phenoxy) is 2. The minimum atomic E-state index is -1.05. The van der Waals surface area contributed by atoms with Crippen LogP contribution in [0.25, 0.3) is 0 Å². The molecule has 1 aliphatic rings. The third kappa shape index (κ3) is 2.67. The van der Waals surface area contributed by atoms with E-state index >= 15 is 0 Å². The van der Waals surface area contributed by atoms with Crippen LogP contribution in [0.5, 0.6) is 0 Å². The van der Waals surface area contributed by atoms with Gasteiger partial charge < -0.3 is 20.1 Å². The van der Waals surface area contributed by atoms with Crippen molar-refractivity contribution in [3.8, 4) is 0 Å². The van der Waals surface area contributed by atoms with E-state index in [4.69, 9.17) is 20.9 Å². The molecule has 6 heteroatoms. The molecule has 0 amide bonds. The van der Waals surface area contributed by atoms with Crippen LogP contribution >= 0.6 is 0 Å². The summed E-state index contributed by atoms with van der Waals surface area (Å²) in [4.78, 5) is 0. The maximum absolute atomic E-state index is 5.49. The maximum Gasteiger partial charge on any atom is 0.218 e. The highest BCUT2D eigenvalue weighted by molar-refractivity contribution is 5.09. The van der Waals surface area contributed by atoms with E-state index in [1.54, 1.807) is 13.3 Å². The van der Waals surface area contributed by atoms with Gasteiger partial charge >= 0.3 is 0 Å².